The van der Waals surface area contributed by atoms with Crippen molar-refractivity contribution in [3.05, 3.63) is 0 Å². The highest BCUT2D eigenvalue weighted by Crippen LogP contribution is 2.45. The summed E-state index contributed by atoms with van der Waals surface area (Å²) in [4.78, 5) is 2.27. The van der Waals surface area contributed by atoms with Crippen LogP contribution in [0.4, 0.5) is 0 Å². The van der Waals surface area contributed by atoms with Gasteiger partial charge in [0.05, 0.1) is 12.6 Å². The lowest BCUT2D eigenvalue weighted by Crippen LogP contribution is -2.57. The minimum atomic E-state index is 0.628. The fraction of sp³-hybridized carbons (Fsp3) is 0.944. The summed E-state index contributed by atoms with van der Waals surface area (Å²) < 4.78 is 0. The smallest absolute Gasteiger partial charge is 0.0866 e. The molecule has 1 aliphatic heterocycles. The van der Waals surface area contributed by atoms with Crippen molar-refractivity contribution in [1.29, 1.82) is 5.26 Å². The molecular formula is C18H36N2O. The van der Waals surface area contributed by atoms with Gasteiger partial charge in [-0.3, -0.25) is 4.90 Å². The van der Waals surface area contributed by atoms with Gasteiger partial charge in [-0.2, -0.15) is 5.26 Å². The molecule has 0 aromatic rings. The van der Waals surface area contributed by atoms with Gasteiger partial charge in [-0.1, -0.05) is 53.4 Å². The summed E-state index contributed by atoms with van der Waals surface area (Å²) in [5, 5.41) is 15.5. The van der Waals surface area contributed by atoms with Crippen LogP contribution in [0.1, 0.15) is 66.2 Å². The fourth-order valence-electron chi connectivity index (χ4n) is 3.38. The maximum absolute atomic E-state index is 8.54. The lowest BCUT2D eigenvalue weighted by molar-refractivity contribution is -0.0279. The number of likely N-dealkylation sites (tertiary alicyclic amines) is 1. The molecule has 0 aromatic heterocycles. The average Bonchev–Trinajstić information content (AvgIpc) is 2.43. The first-order valence-corrected chi connectivity index (χ1v) is 8.55. The van der Waals surface area contributed by atoms with E-state index in [2.05, 4.69) is 38.7 Å². The number of hydrogen-bond donors (Lipinski definition) is 1. The molecule has 3 nitrogen and oxygen atoms in total. The van der Waals surface area contributed by atoms with Gasteiger partial charge in [0.25, 0.3) is 0 Å². The SMILES string of the molecule is CC1CCC2(CC1)CN(CC#N)C2.CCCC(C)C.CO. The van der Waals surface area contributed by atoms with Gasteiger partial charge < -0.3 is 5.11 Å². The number of rotatable bonds is 3. The van der Waals surface area contributed by atoms with Crippen molar-refractivity contribution in [3.8, 4) is 6.07 Å². The van der Waals surface area contributed by atoms with E-state index in [0.29, 0.717) is 12.0 Å². The summed E-state index contributed by atoms with van der Waals surface area (Å²) in [7, 11) is 1.00. The van der Waals surface area contributed by atoms with Crippen LogP contribution in [0, 0.1) is 28.6 Å². The van der Waals surface area contributed by atoms with E-state index in [0.717, 1.165) is 18.9 Å². The Morgan fingerprint density at radius 1 is 1.24 bits per heavy atom. The summed E-state index contributed by atoms with van der Waals surface area (Å²) in [5.74, 6) is 1.84. The molecule has 1 saturated heterocycles. The van der Waals surface area contributed by atoms with Gasteiger partial charge in [0.1, 0.15) is 0 Å². The zero-order valence-electron chi connectivity index (χ0n) is 14.9. The Kier molecular flexibility index (Phi) is 10.7. The molecule has 0 amide bonds. The lowest BCUT2D eigenvalue weighted by atomic mass is 9.66. The maximum Gasteiger partial charge on any atom is 0.0866 e. The van der Waals surface area contributed by atoms with Gasteiger partial charge in [0.2, 0.25) is 0 Å². The van der Waals surface area contributed by atoms with Crippen LogP contribution in [0.15, 0.2) is 0 Å². The van der Waals surface area contributed by atoms with Crippen LogP contribution in [0.2, 0.25) is 0 Å². The van der Waals surface area contributed by atoms with Crippen LogP contribution >= 0.6 is 0 Å². The van der Waals surface area contributed by atoms with Crippen LogP contribution in [-0.2, 0) is 0 Å². The Bertz CT molecular complexity index is 280. The summed E-state index contributed by atoms with van der Waals surface area (Å²) in [5.41, 5.74) is 0.628. The quantitative estimate of drug-likeness (QED) is 0.798. The molecule has 2 fully saturated rings. The highest BCUT2D eigenvalue weighted by molar-refractivity contribution is 4.99. The van der Waals surface area contributed by atoms with Crippen molar-refractivity contribution in [1.82, 2.24) is 4.90 Å². The summed E-state index contributed by atoms with van der Waals surface area (Å²) in [6, 6.07) is 2.23. The normalized spacial score (nSPS) is 20.7. The van der Waals surface area contributed by atoms with E-state index in [1.54, 1.807) is 0 Å². The second-order valence-corrected chi connectivity index (χ2v) is 7.17. The molecule has 3 heteroatoms. The van der Waals surface area contributed by atoms with Crippen LogP contribution in [0.3, 0.4) is 0 Å². The number of nitrogens with zero attached hydrogens (tertiary/aromatic N) is 2. The van der Waals surface area contributed by atoms with E-state index >= 15 is 0 Å². The fourth-order valence-corrected chi connectivity index (χ4v) is 3.38. The molecule has 0 radical (unpaired) electrons. The largest absolute Gasteiger partial charge is 0.400 e. The first-order chi connectivity index (χ1) is 10.0. The van der Waals surface area contributed by atoms with Gasteiger partial charge in [-0.05, 0) is 30.1 Å². The molecule has 0 aromatic carbocycles. The molecule has 0 atom stereocenters. The molecule has 1 saturated carbocycles. The molecule has 1 spiro atoms. The standard InChI is InChI=1S/C11H18N2.C6H14.CH4O/c1-10-2-4-11(5-3-10)8-13(9-11)7-6-12;1-4-5-6(2)3;1-2/h10H,2-5,7-9H2,1H3;6H,4-5H2,1-3H3;2H,1H3. The van der Waals surface area contributed by atoms with Crippen LogP contribution in [0.5, 0.6) is 0 Å². The van der Waals surface area contributed by atoms with Gasteiger partial charge in [-0.15, -0.1) is 0 Å². The summed E-state index contributed by atoms with van der Waals surface area (Å²) in [6.45, 7) is 12.1. The lowest BCUT2D eigenvalue weighted by Gasteiger charge is -2.52. The van der Waals surface area contributed by atoms with Gasteiger partial charge >= 0.3 is 0 Å². The van der Waals surface area contributed by atoms with E-state index in [-0.39, 0.29) is 0 Å². The van der Waals surface area contributed by atoms with Crippen LogP contribution < -0.4 is 0 Å². The van der Waals surface area contributed by atoms with Crippen molar-refractivity contribution in [2.75, 3.05) is 26.7 Å². The van der Waals surface area contributed by atoms with Crippen LogP contribution in [-0.4, -0.2) is 36.8 Å². The zero-order valence-corrected chi connectivity index (χ0v) is 14.9. The second-order valence-electron chi connectivity index (χ2n) is 7.17. The van der Waals surface area contributed by atoms with Crippen molar-refractivity contribution >= 4 is 0 Å². The summed E-state index contributed by atoms with van der Waals surface area (Å²) in [6.07, 6.45) is 8.31. The van der Waals surface area contributed by atoms with Crippen molar-refractivity contribution in [2.24, 2.45) is 17.3 Å². The van der Waals surface area contributed by atoms with E-state index in [1.807, 2.05) is 0 Å². The maximum atomic E-state index is 8.54. The topological polar surface area (TPSA) is 47.3 Å². The van der Waals surface area contributed by atoms with Gasteiger partial charge in [0.15, 0.2) is 0 Å². The van der Waals surface area contributed by atoms with Crippen molar-refractivity contribution in [3.63, 3.8) is 0 Å². The van der Waals surface area contributed by atoms with E-state index in [1.165, 1.54) is 51.6 Å². The minimum absolute atomic E-state index is 0.628. The first-order valence-electron chi connectivity index (χ1n) is 8.55. The molecule has 0 bridgehead atoms. The Hall–Kier alpha value is -0.590. The summed E-state index contributed by atoms with van der Waals surface area (Å²) >= 11 is 0. The minimum Gasteiger partial charge on any atom is -0.400 e. The third kappa shape index (κ3) is 7.83. The Morgan fingerprint density at radius 3 is 2.10 bits per heavy atom. The molecule has 124 valence electrons. The third-order valence-electron chi connectivity index (χ3n) is 4.61. The van der Waals surface area contributed by atoms with E-state index in [9.17, 15) is 0 Å². The molecular weight excluding hydrogens is 260 g/mol. The highest BCUT2D eigenvalue weighted by Gasteiger charge is 2.43. The van der Waals surface area contributed by atoms with E-state index < -0.39 is 0 Å². The van der Waals surface area contributed by atoms with Crippen molar-refractivity contribution in [2.45, 2.75) is 66.2 Å². The molecule has 1 heterocycles. The second kappa shape index (κ2) is 11.0. The highest BCUT2D eigenvalue weighted by atomic mass is 16.2. The molecule has 0 unspecified atom stereocenters. The Morgan fingerprint density at radius 2 is 1.76 bits per heavy atom. The van der Waals surface area contributed by atoms with Gasteiger partial charge in [-0.25, -0.2) is 0 Å². The Labute approximate surface area is 132 Å². The first kappa shape index (κ1) is 20.4. The predicted molar refractivity (Wildman–Crippen MR) is 90.0 cm³/mol. The molecule has 21 heavy (non-hydrogen) atoms. The zero-order chi connectivity index (χ0) is 16.3. The van der Waals surface area contributed by atoms with E-state index in [4.69, 9.17) is 10.4 Å². The predicted octanol–water partition coefficient (Wildman–Crippen LogP) is 4.07. The monoisotopic (exact) mass is 296 g/mol. The molecule has 2 rings (SSSR count). The third-order valence-corrected chi connectivity index (χ3v) is 4.61. The van der Waals surface area contributed by atoms with Crippen molar-refractivity contribution < 1.29 is 5.11 Å². The molecule has 2 aliphatic rings. The number of aliphatic hydroxyl groups is 1. The van der Waals surface area contributed by atoms with Crippen LogP contribution in [0.25, 0.3) is 0 Å². The number of hydrogen-bond acceptors (Lipinski definition) is 3. The number of nitriles is 1. The molecule has 1 aliphatic carbocycles. The Balaban J connectivity index is 0.000000427. The average molecular weight is 296 g/mol. The molecule has 1 N–H and O–H groups in total. The number of aliphatic hydroxyl groups excluding tert-OH is 1. The van der Waals surface area contributed by atoms with Gasteiger partial charge in [0, 0.05) is 20.2 Å².